The van der Waals surface area contributed by atoms with Gasteiger partial charge in [0.1, 0.15) is 5.75 Å². The highest BCUT2D eigenvalue weighted by Crippen LogP contribution is 2.24. The lowest BCUT2D eigenvalue weighted by Gasteiger charge is -2.36. The van der Waals surface area contributed by atoms with Crippen molar-refractivity contribution in [2.45, 2.75) is 39.5 Å². The smallest absolute Gasteiger partial charge is 0.260 e. The standard InChI is InChI=1S/C21H29ClN2O3/c1-15-5-9-24(10-6-15)21(26)17-7-11-23(12-8-17)20(25)14-27-18-3-4-19(22)16(2)13-18/h3-4,13,15,17H,5-12,14H2,1-2H3. The van der Waals surface area contributed by atoms with Crippen LogP contribution >= 0.6 is 11.6 Å². The molecule has 0 spiro atoms. The van der Waals surface area contributed by atoms with E-state index in [9.17, 15) is 9.59 Å². The van der Waals surface area contributed by atoms with Gasteiger partial charge in [-0.15, -0.1) is 0 Å². The van der Waals surface area contributed by atoms with Crippen molar-refractivity contribution in [1.82, 2.24) is 9.80 Å². The van der Waals surface area contributed by atoms with Crippen LogP contribution in [0.4, 0.5) is 0 Å². The first kappa shape index (κ1) is 20.0. The minimum absolute atomic E-state index is 0.0176. The lowest BCUT2D eigenvalue weighted by atomic mass is 9.92. The first-order valence-corrected chi connectivity index (χ1v) is 10.3. The lowest BCUT2D eigenvalue weighted by molar-refractivity contribution is -0.142. The summed E-state index contributed by atoms with van der Waals surface area (Å²) >= 11 is 6.01. The fourth-order valence-corrected chi connectivity index (χ4v) is 3.92. The van der Waals surface area contributed by atoms with Crippen LogP contribution in [0.5, 0.6) is 5.75 Å². The highest BCUT2D eigenvalue weighted by atomic mass is 35.5. The minimum atomic E-state index is -0.0275. The molecule has 0 aliphatic carbocycles. The SMILES string of the molecule is Cc1cc(OCC(=O)N2CCC(C(=O)N3CCC(C)CC3)CC2)ccc1Cl. The van der Waals surface area contributed by atoms with Crippen molar-refractivity contribution in [2.24, 2.45) is 11.8 Å². The Labute approximate surface area is 166 Å². The predicted octanol–water partition coefficient (Wildman–Crippen LogP) is 3.52. The molecule has 1 aromatic carbocycles. The Balaban J connectivity index is 1.43. The van der Waals surface area contributed by atoms with Gasteiger partial charge in [0.2, 0.25) is 5.91 Å². The topological polar surface area (TPSA) is 49.9 Å². The van der Waals surface area contributed by atoms with Crippen molar-refractivity contribution in [3.05, 3.63) is 28.8 Å². The van der Waals surface area contributed by atoms with Crippen LogP contribution in [-0.4, -0.2) is 54.4 Å². The van der Waals surface area contributed by atoms with Gasteiger partial charge in [-0.2, -0.15) is 0 Å². The summed E-state index contributed by atoms with van der Waals surface area (Å²) in [4.78, 5) is 28.9. The number of amides is 2. The molecule has 0 unspecified atom stereocenters. The summed E-state index contributed by atoms with van der Waals surface area (Å²) < 4.78 is 5.61. The number of likely N-dealkylation sites (tertiary alicyclic amines) is 2. The molecule has 0 atom stereocenters. The lowest BCUT2D eigenvalue weighted by Crippen LogP contribution is -2.47. The van der Waals surface area contributed by atoms with E-state index in [0.717, 1.165) is 50.3 Å². The number of carbonyl (C=O) groups is 2. The summed E-state index contributed by atoms with van der Waals surface area (Å²) in [5.74, 6) is 1.68. The fraction of sp³-hybridized carbons (Fsp3) is 0.619. The van der Waals surface area contributed by atoms with Gasteiger partial charge < -0.3 is 14.5 Å². The maximum Gasteiger partial charge on any atom is 0.260 e. The summed E-state index contributed by atoms with van der Waals surface area (Å²) in [6, 6.07) is 5.38. The number of piperidine rings is 2. The maximum absolute atomic E-state index is 12.7. The monoisotopic (exact) mass is 392 g/mol. The third kappa shape index (κ3) is 5.16. The third-order valence-corrected chi connectivity index (χ3v) is 6.21. The normalized spacial score (nSPS) is 19.2. The van der Waals surface area contributed by atoms with Gasteiger partial charge in [-0.25, -0.2) is 0 Å². The molecule has 6 heteroatoms. The minimum Gasteiger partial charge on any atom is -0.484 e. The largest absolute Gasteiger partial charge is 0.484 e. The summed E-state index contributed by atoms with van der Waals surface area (Å²) in [6.45, 7) is 7.19. The third-order valence-electron chi connectivity index (χ3n) is 5.78. The van der Waals surface area contributed by atoms with Crippen LogP contribution in [0.25, 0.3) is 0 Å². The molecule has 2 aliphatic rings. The molecule has 2 aliphatic heterocycles. The molecule has 2 heterocycles. The van der Waals surface area contributed by atoms with Crippen molar-refractivity contribution in [1.29, 1.82) is 0 Å². The molecule has 0 bridgehead atoms. The van der Waals surface area contributed by atoms with Crippen molar-refractivity contribution >= 4 is 23.4 Å². The fourth-order valence-electron chi connectivity index (χ4n) is 3.81. The zero-order chi connectivity index (χ0) is 19.4. The molecule has 3 rings (SSSR count). The molecular formula is C21H29ClN2O3. The number of nitrogens with zero attached hydrogens (tertiary/aromatic N) is 2. The van der Waals surface area contributed by atoms with E-state index in [1.165, 1.54) is 0 Å². The summed E-state index contributed by atoms with van der Waals surface area (Å²) in [5.41, 5.74) is 0.924. The average molecular weight is 393 g/mol. The van der Waals surface area contributed by atoms with Crippen LogP contribution < -0.4 is 4.74 Å². The van der Waals surface area contributed by atoms with Crippen LogP contribution in [0.1, 0.15) is 38.2 Å². The zero-order valence-electron chi connectivity index (χ0n) is 16.2. The van der Waals surface area contributed by atoms with Crippen molar-refractivity contribution < 1.29 is 14.3 Å². The molecule has 0 aromatic heterocycles. The van der Waals surface area contributed by atoms with E-state index in [-0.39, 0.29) is 24.3 Å². The van der Waals surface area contributed by atoms with Crippen molar-refractivity contribution in [2.75, 3.05) is 32.8 Å². The Hall–Kier alpha value is -1.75. The number of aryl methyl sites for hydroxylation is 1. The van der Waals surface area contributed by atoms with Gasteiger partial charge in [0.15, 0.2) is 6.61 Å². The van der Waals surface area contributed by atoms with Crippen LogP contribution in [0.2, 0.25) is 5.02 Å². The van der Waals surface area contributed by atoms with Gasteiger partial charge in [-0.1, -0.05) is 18.5 Å². The van der Waals surface area contributed by atoms with Crippen LogP contribution in [0.15, 0.2) is 18.2 Å². The summed E-state index contributed by atoms with van der Waals surface area (Å²) in [5, 5.41) is 0.684. The number of hydrogen-bond acceptors (Lipinski definition) is 3. The molecule has 0 radical (unpaired) electrons. The Morgan fingerprint density at radius 1 is 1.07 bits per heavy atom. The molecule has 5 nitrogen and oxygen atoms in total. The molecule has 2 amide bonds. The second kappa shape index (κ2) is 8.96. The van der Waals surface area contributed by atoms with E-state index >= 15 is 0 Å². The molecule has 27 heavy (non-hydrogen) atoms. The quantitative estimate of drug-likeness (QED) is 0.787. The molecule has 148 valence electrons. The van der Waals surface area contributed by atoms with Crippen molar-refractivity contribution in [3.63, 3.8) is 0 Å². The first-order valence-electron chi connectivity index (χ1n) is 9.89. The first-order chi connectivity index (χ1) is 12.9. The second-order valence-electron chi connectivity index (χ2n) is 7.86. The van der Waals surface area contributed by atoms with Gasteiger partial charge in [0.25, 0.3) is 5.91 Å². The van der Waals surface area contributed by atoms with E-state index in [1.807, 2.05) is 22.8 Å². The number of hydrogen-bond donors (Lipinski definition) is 0. The Morgan fingerprint density at radius 2 is 1.70 bits per heavy atom. The summed E-state index contributed by atoms with van der Waals surface area (Å²) in [6.07, 6.45) is 3.70. The molecule has 0 N–H and O–H groups in total. The van der Waals surface area contributed by atoms with E-state index < -0.39 is 0 Å². The zero-order valence-corrected chi connectivity index (χ0v) is 17.0. The van der Waals surface area contributed by atoms with Gasteiger partial charge >= 0.3 is 0 Å². The van der Waals surface area contributed by atoms with Crippen LogP contribution in [0.3, 0.4) is 0 Å². The molecule has 2 fully saturated rings. The van der Waals surface area contributed by atoms with Gasteiger partial charge in [0, 0.05) is 37.1 Å². The number of halogens is 1. The molecule has 1 aromatic rings. The van der Waals surface area contributed by atoms with Gasteiger partial charge in [-0.3, -0.25) is 9.59 Å². The second-order valence-corrected chi connectivity index (χ2v) is 8.27. The average Bonchev–Trinajstić information content (AvgIpc) is 2.69. The Kier molecular flexibility index (Phi) is 6.64. The van der Waals surface area contributed by atoms with Gasteiger partial charge in [0.05, 0.1) is 0 Å². The summed E-state index contributed by atoms with van der Waals surface area (Å²) in [7, 11) is 0. The highest BCUT2D eigenvalue weighted by Gasteiger charge is 2.31. The highest BCUT2D eigenvalue weighted by molar-refractivity contribution is 6.31. The van der Waals surface area contributed by atoms with Gasteiger partial charge in [-0.05, 0) is 62.3 Å². The van der Waals surface area contributed by atoms with Crippen LogP contribution in [-0.2, 0) is 9.59 Å². The van der Waals surface area contributed by atoms with E-state index in [0.29, 0.717) is 23.9 Å². The van der Waals surface area contributed by atoms with Crippen LogP contribution in [0, 0.1) is 18.8 Å². The van der Waals surface area contributed by atoms with E-state index in [4.69, 9.17) is 16.3 Å². The molecular weight excluding hydrogens is 364 g/mol. The number of rotatable bonds is 4. The molecule has 0 saturated carbocycles. The predicted molar refractivity (Wildman–Crippen MR) is 106 cm³/mol. The van der Waals surface area contributed by atoms with E-state index in [1.54, 1.807) is 12.1 Å². The Bertz CT molecular complexity index is 678. The number of benzene rings is 1. The molecule has 2 saturated heterocycles. The van der Waals surface area contributed by atoms with E-state index in [2.05, 4.69) is 6.92 Å². The number of ether oxygens (including phenoxy) is 1. The van der Waals surface area contributed by atoms with Crippen molar-refractivity contribution in [3.8, 4) is 5.75 Å². The maximum atomic E-state index is 12.7. The Morgan fingerprint density at radius 3 is 2.33 bits per heavy atom. The number of carbonyl (C=O) groups excluding carboxylic acids is 2.